The van der Waals surface area contributed by atoms with E-state index in [1.165, 1.54) is 5.39 Å². The molecule has 0 aliphatic heterocycles. The van der Waals surface area contributed by atoms with Crippen LogP contribution >= 0.6 is 11.6 Å². The van der Waals surface area contributed by atoms with Gasteiger partial charge in [-0.15, -0.1) is 11.6 Å². The molecule has 102 valence electrons. The first-order chi connectivity index (χ1) is 9.26. The number of hydrogen-bond acceptors (Lipinski definition) is 2. The highest BCUT2D eigenvalue weighted by molar-refractivity contribution is 6.18. The Morgan fingerprint density at radius 1 is 1.16 bits per heavy atom. The van der Waals surface area contributed by atoms with Crippen molar-refractivity contribution in [2.45, 2.75) is 20.1 Å². The smallest absolute Gasteiger partial charge is 0.149 e. The average Bonchev–Trinajstić information content (AvgIpc) is 2.45. The van der Waals surface area contributed by atoms with Gasteiger partial charge in [-0.05, 0) is 24.9 Å². The Kier molecular flexibility index (Phi) is 5.06. The number of halogens is 1. The number of benzene rings is 2. The van der Waals surface area contributed by atoms with E-state index in [-0.39, 0.29) is 6.23 Å². The second kappa shape index (κ2) is 6.78. The van der Waals surface area contributed by atoms with Gasteiger partial charge in [0.05, 0.1) is 0 Å². The maximum atomic E-state index is 6.10. The van der Waals surface area contributed by atoms with Gasteiger partial charge < -0.3 is 4.74 Å². The molecular formula is C16H20ClNO. The second-order valence-electron chi connectivity index (χ2n) is 4.51. The summed E-state index contributed by atoms with van der Waals surface area (Å²) in [6.07, 6.45) is 0.0227. The Labute approximate surface area is 119 Å². The first-order valence-electron chi connectivity index (χ1n) is 6.70. The number of hydrogen-bond donors (Lipinski definition) is 0. The zero-order valence-corrected chi connectivity index (χ0v) is 12.2. The van der Waals surface area contributed by atoms with Crippen LogP contribution in [-0.4, -0.2) is 30.1 Å². The molecule has 0 aliphatic rings. The van der Waals surface area contributed by atoms with Crippen LogP contribution in [0.15, 0.2) is 42.5 Å². The number of rotatable bonds is 6. The third-order valence-electron chi connectivity index (χ3n) is 3.34. The SMILES string of the molecule is CCN(CCCl)C(C)Oc1cccc2ccccc12. The zero-order valence-electron chi connectivity index (χ0n) is 11.5. The summed E-state index contributed by atoms with van der Waals surface area (Å²) in [5, 5.41) is 2.35. The number of nitrogens with zero attached hydrogens (tertiary/aromatic N) is 1. The van der Waals surface area contributed by atoms with Crippen LogP contribution in [0, 0.1) is 0 Å². The molecule has 0 spiro atoms. The third kappa shape index (κ3) is 3.40. The van der Waals surface area contributed by atoms with Gasteiger partial charge in [-0.1, -0.05) is 43.3 Å². The molecule has 3 heteroatoms. The molecule has 0 heterocycles. The lowest BCUT2D eigenvalue weighted by molar-refractivity contribution is 0.0500. The normalized spacial score (nSPS) is 12.8. The molecule has 0 saturated heterocycles. The first kappa shape index (κ1) is 14.2. The predicted octanol–water partition coefficient (Wildman–Crippen LogP) is 4.13. The van der Waals surface area contributed by atoms with E-state index < -0.39 is 0 Å². The van der Waals surface area contributed by atoms with Gasteiger partial charge in [0, 0.05) is 17.8 Å². The van der Waals surface area contributed by atoms with E-state index >= 15 is 0 Å². The second-order valence-corrected chi connectivity index (χ2v) is 4.89. The molecule has 0 bridgehead atoms. The summed E-state index contributed by atoms with van der Waals surface area (Å²) in [6.45, 7) is 5.95. The van der Waals surface area contributed by atoms with Crippen molar-refractivity contribution in [1.29, 1.82) is 0 Å². The number of alkyl halides is 1. The number of ether oxygens (including phenoxy) is 1. The molecule has 0 aliphatic carbocycles. The zero-order chi connectivity index (χ0) is 13.7. The Bertz CT molecular complexity index is 524. The topological polar surface area (TPSA) is 12.5 Å². The summed E-state index contributed by atoms with van der Waals surface area (Å²) >= 11 is 5.82. The lowest BCUT2D eigenvalue weighted by Gasteiger charge is -2.27. The van der Waals surface area contributed by atoms with Crippen molar-refractivity contribution in [3.05, 3.63) is 42.5 Å². The molecule has 2 aromatic rings. The van der Waals surface area contributed by atoms with E-state index in [1.807, 2.05) is 24.3 Å². The molecular weight excluding hydrogens is 258 g/mol. The van der Waals surface area contributed by atoms with Gasteiger partial charge in [0.15, 0.2) is 0 Å². The Hall–Kier alpha value is -1.25. The lowest BCUT2D eigenvalue weighted by Crippen LogP contribution is -2.38. The van der Waals surface area contributed by atoms with Crippen molar-refractivity contribution in [3.8, 4) is 5.75 Å². The highest BCUT2D eigenvalue weighted by Gasteiger charge is 2.13. The summed E-state index contributed by atoms with van der Waals surface area (Å²) < 4.78 is 6.10. The molecule has 1 unspecified atom stereocenters. The summed E-state index contributed by atoms with van der Waals surface area (Å²) in [4.78, 5) is 2.22. The predicted molar refractivity (Wildman–Crippen MR) is 82.0 cm³/mol. The van der Waals surface area contributed by atoms with Crippen molar-refractivity contribution in [3.63, 3.8) is 0 Å². The maximum Gasteiger partial charge on any atom is 0.149 e. The van der Waals surface area contributed by atoms with Gasteiger partial charge in [-0.25, -0.2) is 0 Å². The van der Waals surface area contributed by atoms with Gasteiger partial charge in [-0.2, -0.15) is 0 Å². The molecule has 0 fully saturated rings. The molecule has 0 aromatic heterocycles. The Balaban J connectivity index is 2.21. The van der Waals surface area contributed by atoms with E-state index in [9.17, 15) is 0 Å². The fourth-order valence-electron chi connectivity index (χ4n) is 2.26. The van der Waals surface area contributed by atoms with Crippen molar-refractivity contribution in [1.82, 2.24) is 4.90 Å². The van der Waals surface area contributed by atoms with Crippen LogP contribution in [0.5, 0.6) is 5.75 Å². The molecule has 2 aromatic carbocycles. The molecule has 2 nitrogen and oxygen atoms in total. The summed E-state index contributed by atoms with van der Waals surface area (Å²) in [5.74, 6) is 1.55. The van der Waals surface area contributed by atoms with Gasteiger partial charge in [-0.3, -0.25) is 4.90 Å². The molecule has 1 atom stereocenters. The number of fused-ring (bicyclic) bond motifs is 1. The summed E-state index contributed by atoms with van der Waals surface area (Å²) in [6, 6.07) is 14.4. The van der Waals surface area contributed by atoms with E-state index in [4.69, 9.17) is 16.3 Å². The minimum absolute atomic E-state index is 0.0227. The van der Waals surface area contributed by atoms with Crippen LogP contribution in [0.3, 0.4) is 0 Å². The van der Waals surface area contributed by atoms with Crippen molar-refractivity contribution >= 4 is 22.4 Å². The molecule has 2 rings (SSSR count). The fourth-order valence-corrected chi connectivity index (χ4v) is 2.48. The molecule has 0 radical (unpaired) electrons. The van der Waals surface area contributed by atoms with Crippen molar-refractivity contribution in [2.75, 3.05) is 19.0 Å². The van der Waals surface area contributed by atoms with Gasteiger partial charge in [0.2, 0.25) is 0 Å². The molecule has 0 saturated carbocycles. The molecule has 19 heavy (non-hydrogen) atoms. The Morgan fingerprint density at radius 3 is 2.63 bits per heavy atom. The van der Waals surface area contributed by atoms with E-state index in [2.05, 4.69) is 36.9 Å². The minimum atomic E-state index is 0.0227. The first-order valence-corrected chi connectivity index (χ1v) is 7.24. The fraction of sp³-hybridized carbons (Fsp3) is 0.375. The standard InChI is InChI=1S/C16H20ClNO/c1-3-18(12-11-17)13(2)19-16-10-6-8-14-7-4-5-9-15(14)16/h4-10,13H,3,11-12H2,1-2H3. The summed E-state index contributed by atoms with van der Waals surface area (Å²) in [5.41, 5.74) is 0. The minimum Gasteiger partial charge on any atom is -0.475 e. The van der Waals surface area contributed by atoms with Crippen LogP contribution < -0.4 is 4.74 Å². The third-order valence-corrected chi connectivity index (χ3v) is 3.51. The van der Waals surface area contributed by atoms with Gasteiger partial charge in [0.1, 0.15) is 12.0 Å². The van der Waals surface area contributed by atoms with Gasteiger partial charge >= 0.3 is 0 Å². The van der Waals surface area contributed by atoms with Crippen LogP contribution in [0.2, 0.25) is 0 Å². The van der Waals surface area contributed by atoms with E-state index in [0.29, 0.717) is 5.88 Å². The van der Waals surface area contributed by atoms with Crippen molar-refractivity contribution in [2.24, 2.45) is 0 Å². The van der Waals surface area contributed by atoms with Gasteiger partial charge in [0.25, 0.3) is 0 Å². The van der Waals surface area contributed by atoms with Crippen LogP contribution in [0.1, 0.15) is 13.8 Å². The monoisotopic (exact) mass is 277 g/mol. The van der Waals surface area contributed by atoms with Crippen LogP contribution in [0.25, 0.3) is 10.8 Å². The summed E-state index contributed by atoms with van der Waals surface area (Å²) in [7, 11) is 0. The van der Waals surface area contributed by atoms with Crippen LogP contribution in [0.4, 0.5) is 0 Å². The van der Waals surface area contributed by atoms with Crippen molar-refractivity contribution < 1.29 is 4.74 Å². The molecule has 0 amide bonds. The van der Waals surface area contributed by atoms with Crippen LogP contribution in [-0.2, 0) is 0 Å². The molecule has 0 N–H and O–H groups in total. The maximum absolute atomic E-state index is 6.10. The Morgan fingerprint density at radius 2 is 1.89 bits per heavy atom. The largest absolute Gasteiger partial charge is 0.475 e. The lowest BCUT2D eigenvalue weighted by atomic mass is 10.1. The van der Waals surface area contributed by atoms with E-state index in [1.54, 1.807) is 0 Å². The highest BCUT2D eigenvalue weighted by Crippen LogP contribution is 2.26. The quantitative estimate of drug-likeness (QED) is 0.582. The van der Waals surface area contributed by atoms with E-state index in [0.717, 1.165) is 24.2 Å². The highest BCUT2D eigenvalue weighted by atomic mass is 35.5. The average molecular weight is 278 g/mol.